The molecular formula is C19H21N3O3. The molecular weight excluding hydrogens is 318 g/mol. The van der Waals surface area contributed by atoms with Crippen LogP contribution in [-0.4, -0.2) is 28.9 Å². The molecule has 6 nitrogen and oxygen atoms in total. The Hall–Kier alpha value is -2.89. The van der Waals surface area contributed by atoms with Gasteiger partial charge < -0.3 is 15.4 Å². The molecule has 3 rings (SSSR count). The normalized spacial score (nSPS) is 13.4. The van der Waals surface area contributed by atoms with Crippen molar-refractivity contribution in [2.75, 3.05) is 5.32 Å². The molecule has 0 atom stereocenters. The van der Waals surface area contributed by atoms with E-state index >= 15 is 0 Å². The van der Waals surface area contributed by atoms with Gasteiger partial charge in [0.05, 0.1) is 22.9 Å². The Morgan fingerprint density at radius 1 is 1.12 bits per heavy atom. The minimum atomic E-state index is -0.339. The van der Waals surface area contributed by atoms with E-state index in [1.807, 2.05) is 26.0 Å². The van der Waals surface area contributed by atoms with Gasteiger partial charge in [0.2, 0.25) is 0 Å². The van der Waals surface area contributed by atoms with Crippen molar-refractivity contribution in [3.63, 3.8) is 0 Å². The van der Waals surface area contributed by atoms with Gasteiger partial charge in [-0.25, -0.2) is 0 Å². The number of pyridine rings is 1. The van der Waals surface area contributed by atoms with Gasteiger partial charge in [-0.15, -0.1) is 0 Å². The summed E-state index contributed by atoms with van der Waals surface area (Å²) in [6.45, 7) is 3.84. The van der Waals surface area contributed by atoms with Crippen LogP contribution in [0.4, 0.5) is 5.69 Å². The molecule has 0 radical (unpaired) electrons. The topological polar surface area (TPSA) is 80.3 Å². The molecule has 130 valence electrons. The van der Waals surface area contributed by atoms with Gasteiger partial charge in [0, 0.05) is 18.4 Å². The van der Waals surface area contributed by atoms with Gasteiger partial charge in [0.1, 0.15) is 5.75 Å². The number of carbonyl (C=O) groups excluding carboxylic acids is 2. The van der Waals surface area contributed by atoms with E-state index in [0.29, 0.717) is 22.6 Å². The predicted molar refractivity (Wildman–Crippen MR) is 94.9 cm³/mol. The smallest absolute Gasteiger partial charge is 0.257 e. The zero-order chi connectivity index (χ0) is 17.8. The summed E-state index contributed by atoms with van der Waals surface area (Å²) in [6, 6.07) is 9.04. The average molecular weight is 339 g/mol. The minimum Gasteiger partial charge on any atom is -0.489 e. The Labute approximate surface area is 146 Å². The van der Waals surface area contributed by atoms with Crippen LogP contribution >= 0.6 is 0 Å². The van der Waals surface area contributed by atoms with E-state index in [1.165, 1.54) is 12.4 Å². The largest absolute Gasteiger partial charge is 0.489 e. The van der Waals surface area contributed by atoms with Crippen LogP contribution in [-0.2, 0) is 0 Å². The standard InChI is InChI=1S/C19H21N3O3/c1-12(2)25-17-6-4-3-5-16(17)22-19(24)14-9-13(10-20-11-14)18(23)21-15-7-8-15/h3-6,9-12,15H,7-8H2,1-2H3,(H,21,23)(H,22,24). The number of hydrogen-bond donors (Lipinski definition) is 2. The predicted octanol–water partition coefficient (Wildman–Crippen LogP) is 3.01. The maximum atomic E-state index is 12.5. The fourth-order valence-electron chi connectivity index (χ4n) is 2.31. The fraction of sp³-hybridized carbons (Fsp3) is 0.316. The highest BCUT2D eigenvalue weighted by Gasteiger charge is 2.24. The monoisotopic (exact) mass is 339 g/mol. The lowest BCUT2D eigenvalue weighted by Gasteiger charge is -2.14. The average Bonchev–Trinajstić information content (AvgIpc) is 3.40. The Morgan fingerprint density at radius 2 is 1.80 bits per heavy atom. The van der Waals surface area contributed by atoms with Gasteiger partial charge in [0.25, 0.3) is 11.8 Å². The molecule has 0 aliphatic heterocycles. The van der Waals surface area contributed by atoms with E-state index in [-0.39, 0.29) is 24.0 Å². The van der Waals surface area contributed by atoms with E-state index in [0.717, 1.165) is 12.8 Å². The highest BCUT2D eigenvalue weighted by atomic mass is 16.5. The number of nitrogens with one attached hydrogen (secondary N) is 2. The summed E-state index contributed by atoms with van der Waals surface area (Å²) in [5.74, 6) is 0.0583. The van der Waals surface area contributed by atoms with Crippen LogP contribution in [0.25, 0.3) is 0 Å². The number of anilines is 1. The first-order valence-electron chi connectivity index (χ1n) is 8.36. The van der Waals surface area contributed by atoms with Crippen LogP contribution in [0.1, 0.15) is 47.4 Å². The highest BCUT2D eigenvalue weighted by Crippen LogP contribution is 2.25. The van der Waals surface area contributed by atoms with Gasteiger partial charge in [-0.2, -0.15) is 0 Å². The van der Waals surface area contributed by atoms with Crippen LogP contribution in [0.15, 0.2) is 42.7 Å². The molecule has 25 heavy (non-hydrogen) atoms. The summed E-state index contributed by atoms with van der Waals surface area (Å²) >= 11 is 0. The third-order valence-corrected chi connectivity index (χ3v) is 3.67. The SMILES string of the molecule is CC(C)Oc1ccccc1NC(=O)c1cncc(C(=O)NC2CC2)c1. The second-order valence-electron chi connectivity index (χ2n) is 6.33. The Morgan fingerprint density at radius 3 is 2.48 bits per heavy atom. The van der Waals surface area contributed by atoms with E-state index in [2.05, 4.69) is 15.6 Å². The third-order valence-electron chi connectivity index (χ3n) is 3.67. The molecule has 0 spiro atoms. The van der Waals surface area contributed by atoms with Crippen LogP contribution in [0, 0.1) is 0 Å². The number of aromatic nitrogens is 1. The zero-order valence-corrected chi connectivity index (χ0v) is 14.3. The van der Waals surface area contributed by atoms with Crippen LogP contribution in [0.5, 0.6) is 5.75 Å². The quantitative estimate of drug-likeness (QED) is 0.848. The first-order chi connectivity index (χ1) is 12.0. The van der Waals surface area contributed by atoms with E-state index < -0.39 is 0 Å². The van der Waals surface area contributed by atoms with Crippen molar-refractivity contribution in [2.45, 2.75) is 38.8 Å². The van der Waals surface area contributed by atoms with Gasteiger partial charge in [-0.3, -0.25) is 14.6 Å². The lowest BCUT2D eigenvalue weighted by Crippen LogP contribution is -2.26. The number of carbonyl (C=O) groups is 2. The van der Waals surface area contributed by atoms with Gasteiger partial charge in [-0.05, 0) is 44.9 Å². The van der Waals surface area contributed by atoms with E-state index in [9.17, 15) is 9.59 Å². The molecule has 1 heterocycles. The molecule has 1 fully saturated rings. The van der Waals surface area contributed by atoms with Crippen molar-refractivity contribution < 1.29 is 14.3 Å². The van der Waals surface area contributed by atoms with Gasteiger partial charge in [-0.1, -0.05) is 12.1 Å². The molecule has 0 saturated heterocycles. The van der Waals surface area contributed by atoms with E-state index in [1.54, 1.807) is 18.2 Å². The molecule has 2 N–H and O–H groups in total. The van der Waals surface area contributed by atoms with Crippen molar-refractivity contribution in [2.24, 2.45) is 0 Å². The van der Waals surface area contributed by atoms with Crippen molar-refractivity contribution in [1.82, 2.24) is 10.3 Å². The fourth-order valence-corrected chi connectivity index (χ4v) is 2.31. The summed E-state index contributed by atoms with van der Waals surface area (Å²) < 4.78 is 5.70. The minimum absolute atomic E-state index is 0.00540. The Bertz CT molecular complexity index is 785. The molecule has 0 bridgehead atoms. The number of amides is 2. The van der Waals surface area contributed by atoms with Gasteiger partial charge in [0.15, 0.2) is 0 Å². The number of ether oxygens (including phenoxy) is 1. The number of rotatable bonds is 6. The van der Waals surface area contributed by atoms with Crippen molar-refractivity contribution in [3.05, 3.63) is 53.9 Å². The molecule has 1 aliphatic carbocycles. The Kier molecular flexibility index (Phi) is 4.97. The molecule has 0 unspecified atom stereocenters. The maximum Gasteiger partial charge on any atom is 0.257 e. The van der Waals surface area contributed by atoms with Crippen molar-refractivity contribution in [3.8, 4) is 5.75 Å². The Balaban J connectivity index is 1.74. The maximum absolute atomic E-state index is 12.5. The third kappa shape index (κ3) is 4.56. The molecule has 1 aromatic heterocycles. The first kappa shape index (κ1) is 17.0. The van der Waals surface area contributed by atoms with Crippen LogP contribution in [0.2, 0.25) is 0 Å². The molecule has 2 amide bonds. The van der Waals surface area contributed by atoms with E-state index in [4.69, 9.17) is 4.74 Å². The molecule has 1 saturated carbocycles. The lowest BCUT2D eigenvalue weighted by atomic mass is 10.1. The summed E-state index contributed by atoms with van der Waals surface area (Å²) in [5, 5.41) is 5.70. The lowest BCUT2D eigenvalue weighted by molar-refractivity contribution is 0.0950. The van der Waals surface area contributed by atoms with Crippen LogP contribution in [0.3, 0.4) is 0 Å². The highest BCUT2D eigenvalue weighted by molar-refractivity contribution is 6.06. The van der Waals surface area contributed by atoms with Crippen LogP contribution < -0.4 is 15.4 Å². The summed E-state index contributed by atoms with van der Waals surface area (Å²) in [4.78, 5) is 28.6. The summed E-state index contributed by atoms with van der Waals surface area (Å²) in [6.07, 6.45) is 4.91. The second-order valence-corrected chi connectivity index (χ2v) is 6.33. The molecule has 6 heteroatoms. The van der Waals surface area contributed by atoms with Crippen molar-refractivity contribution in [1.29, 1.82) is 0 Å². The number of nitrogens with zero attached hydrogens (tertiary/aromatic N) is 1. The summed E-state index contributed by atoms with van der Waals surface area (Å²) in [5.41, 5.74) is 1.28. The van der Waals surface area contributed by atoms with Crippen molar-refractivity contribution >= 4 is 17.5 Å². The molecule has 2 aromatic rings. The summed E-state index contributed by atoms with van der Waals surface area (Å²) in [7, 11) is 0. The van der Waals surface area contributed by atoms with Gasteiger partial charge >= 0.3 is 0 Å². The number of benzene rings is 1. The first-order valence-corrected chi connectivity index (χ1v) is 8.36. The molecule has 1 aliphatic rings. The number of hydrogen-bond acceptors (Lipinski definition) is 4. The zero-order valence-electron chi connectivity index (χ0n) is 14.3. The molecule has 1 aromatic carbocycles. The number of para-hydroxylation sites is 2. The second kappa shape index (κ2) is 7.34.